The maximum atomic E-state index is 10.1. The fourth-order valence-corrected chi connectivity index (χ4v) is 8.67. The van der Waals surface area contributed by atoms with E-state index in [1.54, 1.807) is 0 Å². The van der Waals surface area contributed by atoms with Crippen LogP contribution < -0.4 is 0 Å². The topological polar surface area (TPSA) is 20.2 Å². The highest BCUT2D eigenvalue weighted by atomic mass is 16.3. The third kappa shape index (κ3) is 3.76. The van der Waals surface area contributed by atoms with E-state index >= 15 is 0 Å². The van der Waals surface area contributed by atoms with E-state index in [-0.39, 0.29) is 6.10 Å². The Kier molecular flexibility index (Phi) is 5.50. The van der Waals surface area contributed by atoms with Gasteiger partial charge in [-0.05, 0) is 123 Å². The number of aliphatic hydroxyl groups excluding tert-OH is 1. The lowest BCUT2D eigenvalue weighted by Gasteiger charge is -2.56. The lowest BCUT2D eigenvalue weighted by molar-refractivity contribution is -0.0823. The fraction of sp³-hybridized carbons (Fsp3) is 1.00. The van der Waals surface area contributed by atoms with E-state index in [4.69, 9.17) is 0 Å². The fourth-order valence-electron chi connectivity index (χ4n) is 8.67. The minimum atomic E-state index is 0.0104. The molecule has 0 aliphatic heterocycles. The van der Waals surface area contributed by atoms with Crippen LogP contribution in [0.3, 0.4) is 0 Å². The zero-order valence-corrected chi connectivity index (χ0v) is 18.8. The van der Waals surface area contributed by atoms with Crippen LogP contribution in [-0.4, -0.2) is 11.2 Å². The minimum absolute atomic E-state index is 0.0104. The van der Waals surface area contributed by atoms with Gasteiger partial charge in [0, 0.05) is 0 Å². The van der Waals surface area contributed by atoms with E-state index in [0.29, 0.717) is 10.8 Å². The monoisotopic (exact) mass is 374 g/mol. The summed E-state index contributed by atoms with van der Waals surface area (Å²) < 4.78 is 0. The number of aliphatic hydroxyl groups is 1. The van der Waals surface area contributed by atoms with Crippen molar-refractivity contribution in [1.29, 1.82) is 0 Å². The quantitative estimate of drug-likeness (QED) is 0.559. The smallest absolute Gasteiger partial charge is 0.0543 e. The van der Waals surface area contributed by atoms with Gasteiger partial charge in [-0.25, -0.2) is 0 Å². The SMILES string of the molecule is C[C@H](CCC(C)(C)C)[C@H]1CC[C@H]2[C@@H]3CC[C@H]4C[C@@H](O)CC[C@@H]4[C@H]3CC[C@]12C. The Balaban J connectivity index is 1.45. The molecule has 0 aromatic carbocycles. The van der Waals surface area contributed by atoms with Gasteiger partial charge < -0.3 is 5.11 Å². The Hall–Kier alpha value is -0.0400. The molecular weight excluding hydrogens is 328 g/mol. The maximum absolute atomic E-state index is 10.1. The van der Waals surface area contributed by atoms with Gasteiger partial charge in [-0.2, -0.15) is 0 Å². The van der Waals surface area contributed by atoms with E-state index < -0.39 is 0 Å². The van der Waals surface area contributed by atoms with E-state index in [9.17, 15) is 5.11 Å². The van der Waals surface area contributed by atoms with Gasteiger partial charge in [-0.15, -0.1) is 0 Å². The van der Waals surface area contributed by atoms with E-state index in [1.165, 1.54) is 57.8 Å². The Labute approximate surface area is 169 Å². The molecule has 4 rings (SSSR count). The molecule has 4 aliphatic carbocycles. The largest absolute Gasteiger partial charge is 0.393 e. The molecule has 1 nitrogen and oxygen atoms in total. The van der Waals surface area contributed by atoms with Crippen molar-refractivity contribution in [2.75, 3.05) is 0 Å². The lowest BCUT2D eigenvalue weighted by Crippen LogP contribution is -2.49. The average Bonchev–Trinajstić information content (AvgIpc) is 2.96. The second kappa shape index (κ2) is 7.33. The van der Waals surface area contributed by atoms with E-state index in [0.717, 1.165) is 54.3 Å². The van der Waals surface area contributed by atoms with Crippen molar-refractivity contribution in [3.8, 4) is 0 Å². The number of hydrogen-bond acceptors (Lipinski definition) is 1. The summed E-state index contributed by atoms with van der Waals surface area (Å²) in [5.41, 5.74) is 1.11. The molecule has 4 aliphatic rings. The second-order valence-electron chi connectivity index (χ2n) is 12.7. The van der Waals surface area contributed by atoms with Crippen LogP contribution in [0.4, 0.5) is 0 Å². The molecule has 27 heavy (non-hydrogen) atoms. The van der Waals surface area contributed by atoms with Gasteiger partial charge in [0.05, 0.1) is 6.10 Å². The summed E-state index contributed by atoms with van der Waals surface area (Å²) in [4.78, 5) is 0. The van der Waals surface area contributed by atoms with Gasteiger partial charge in [0.1, 0.15) is 0 Å². The molecule has 0 aromatic heterocycles. The summed E-state index contributed by atoms with van der Waals surface area (Å²) in [6.07, 6.45) is 15.2. The third-order valence-corrected chi connectivity index (χ3v) is 10.0. The molecule has 0 bridgehead atoms. The molecule has 0 saturated heterocycles. The summed E-state index contributed by atoms with van der Waals surface area (Å²) in [5.74, 6) is 6.69. The van der Waals surface area contributed by atoms with Crippen LogP contribution in [-0.2, 0) is 0 Å². The van der Waals surface area contributed by atoms with Crippen molar-refractivity contribution < 1.29 is 5.11 Å². The molecule has 1 N–H and O–H groups in total. The molecule has 1 heteroatoms. The van der Waals surface area contributed by atoms with Crippen LogP contribution in [0.15, 0.2) is 0 Å². The van der Waals surface area contributed by atoms with Gasteiger partial charge in [0.15, 0.2) is 0 Å². The highest BCUT2D eigenvalue weighted by molar-refractivity contribution is 5.06. The number of fused-ring (bicyclic) bond motifs is 5. The zero-order valence-electron chi connectivity index (χ0n) is 18.8. The summed E-state index contributed by atoms with van der Waals surface area (Å²) in [6.45, 7) is 12.5. The predicted octanol–water partition coefficient (Wildman–Crippen LogP) is 7.08. The first-order valence-electron chi connectivity index (χ1n) is 12.4. The Morgan fingerprint density at radius 3 is 2.41 bits per heavy atom. The van der Waals surface area contributed by atoms with Crippen LogP contribution in [0.5, 0.6) is 0 Å². The van der Waals surface area contributed by atoms with Gasteiger partial charge in [-0.1, -0.05) is 34.6 Å². The van der Waals surface area contributed by atoms with Crippen LogP contribution in [0.2, 0.25) is 0 Å². The maximum Gasteiger partial charge on any atom is 0.0543 e. The van der Waals surface area contributed by atoms with Crippen molar-refractivity contribution in [3.05, 3.63) is 0 Å². The predicted molar refractivity (Wildman–Crippen MR) is 114 cm³/mol. The lowest BCUT2D eigenvalue weighted by atomic mass is 9.49. The van der Waals surface area contributed by atoms with Crippen molar-refractivity contribution >= 4 is 0 Å². The van der Waals surface area contributed by atoms with E-state index in [2.05, 4.69) is 34.6 Å². The summed E-state index contributed by atoms with van der Waals surface area (Å²) in [6, 6.07) is 0. The summed E-state index contributed by atoms with van der Waals surface area (Å²) >= 11 is 0. The number of hydrogen-bond donors (Lipinski definition) is 1. The molecule has 0 heterocycles. The van der Waals surface area contributed by atoms with Gasteiger partial charge in [0.2, 0.25) is 0 Å². The molecule has 0 spiro atoms. The normalized spacial score (nSPS) is 48.4. The Bertz CT molecular complexity index is 519. The first kappa shape index (κ1) is 20.2. The molecule has 156 valence electrons. The van der Waals surface area contributed by atoms with Crippen LogP contribution in [0.25, 0.3) is 0 Å². The first-order chi connectivity index (χ1) is 12.7. The molecule has 4 fully saturated rings. The highest BCUT2D eigenvalue weighted by Crippen LogP contribution is 2.65. The highest BCUT2D eigenvalue weighted by Gasteiger charge is 2.57. The van der Waals surface area contributed by atoms with Gasteiger partial charge >= 0.3 is 0 Å². The number of rotatable bonds is 3. The molecule has 0 radical (unpaired) electrons. The molecule has 0 unspecified atom stereocenters. The van der Waals surface area contributed by atoms with Crippen molar-refractivity contribution in [1.82, 2.24) is 0 Å². The van der Waals surface area contributed by atoms with Crippen LogP contribution >= 0.6 is 0 Å². The van der Waals surface area contributed by atoms with Crippen molar-refractivity contribution in [2.24, 2.45) is 52.3 Å². The summed E-state index contributed by atoms with van der Waals surface area (Å²) in [5, 5.41) is 10.1. The third-order valence-electron chi connectivity index (χ3n) is 10.0. The molecule has 4 saturated carbocycles. The molecule has 9 atom stereocenters. The molecule has 0 aromatic rings. The summed E-state index contributed by atoms with van der Waals surface area (Å²) in [7, 11) is 0. The van der Waals surface area contributed by atoms with Gasteiger partial charge in [0.25, 0.3) is 0 Å². The zero-order chi connectivity index (χ0) is 19.4. The molecular formula is C26H46O. The Morgan fingerprint density at radius 1 is 0.926 bits per heavy atom. The van der Waals surface area contributed by atoms with Crippen LogP contribution in [0, 0.1) is 52.3 Å². The minimum Gasteiger partial charge on any atom is -0.393 e. The first-order valence-corrected chi connectivity index (χ1v) is 12.4. The average molecular weight is 375 g/mol. The van der Waals surface area contributed by atoms with E-state index in [1.807, 2.05) is 0 Å². The Morgan fingerprint density at radius 2 is 1.67 bits per heavy atom. The second-order valence-corrected chi connectivity index (χ2v) is 12.7. The van der Waals surface area contributed by atoms with Crippen molar-refractivity contribution in [3.63, 3.8) is 0 Å². The molecule has 0 amide bonds. The van der Waals surface area contributed by atoms with Gasteiger partial charge in [-0.3, -0.25) is 0 Å². The van der Waals surface area contributed by atoms with Crippen LogP contribution in [0.1, 0.15) is 105 Å². The van der Waals surface area contributed by atoms with Crippen molar-refractivity contribution in [2.45, 2.75) is 111 Å². The standard InChI is InChI=1S/C26H46O/c1-17(12-14-25(2,3)4)23-10-11-24-22-8-6-18-16-19(27)7-9-20(18)21(22)13-15-26(23,24)5/h17-24,27H,6-16H2,1-5H3/t17-,18+,19+,20+,21-,22-,23-,24+,26-/m1/s1.